The Labute approximate surface area is 231 Å². The van der Waals surface area contributed by atoms with Gasteiger partial charge >= 0.3 is 0 Å². The van der Waals surface area contributed by atoms with E-state index in [1.54, 1.807) is 30.3 Å². The minimum Gasteiger partial charge on any atom is -0.391 e. The summed E-state index contributed by atoms with van der Waals surface area (Å²) in [6.07, 6.45) is 1.04. The third-order valence-corrected chi connectivity index (χ3v) is 6.15. The van der Waals surface area contributed by atoms with E-state index < -0.39 is 17.7 Å². The summed E-state index contributed by atoms with van der Waals surface area (Å²) < 4.78 is 0. The number of carbonyl (C=O) groups excluding carboxylic acids is 2. The molecule has 0 spiro atoms. The molecule has 0 heterocycles. The molecule has 0 unspecified atom stereocenters. The maximum absolute atomic E-state index is 13.0. The molecule has 0 aliphatic rings. The zero-order chi connectivity index (χ0) is 25.5. The van der Waals surface area contributed by atoms with Crippen LogP contribution in [-0.4, -0.2) is 18.0 Å². The second-order valence-electron chi connectivity index (χ2n) is 6.97. The number of anilines is 2. The van der Waals surface area contributed by atoms with Gasteiger partial charge in [0.05, 0.1) is 27.6 Å². The van der Waals surface area contributed by atoms with Crippen LogP contribution in [0.3, 0.4) is 0 Å². The highest BCUT2D eigenvalue weighted by atomic mass is 35.5. The second-order valence-corrected chi connectivity index (χ2v) is 9.50. The van der Waals surface area contributed by atoms with Crippen LogP contribution < -0.4 is 10.6 Å². The molecule has 0 aliphatic heterocycles. The molecule has 2 N–H and O–H groups in total. The van der Waals surface area contributed by atoms with Crippen molar-refractivity contribution in [3.05, 3.63) is 90.3 Å². The number of hydrogen-bond acceptors (Lipinski definition) is 4. The second kappa shape index (κ2) is 12.7. The Morgan fingerprint density at radius 1 is 0.743 bits per heavy atom. The van der Waals surface area contributed by atoms with E-state index in [4.69, 9.17) is 74.4 Å². The minimum atomic E-state index is -1.42. The number of hydrogen-bond donors (Lipinski definition) is 2. The SMILES string of the molecule is O=C(Nc1ccc(Cl)cc1Cl)C(/C=N/OCc1ccc(Cl)cc1Cl)C(=O)Nc1ccc(Cl)cc1Cl. The molecule has 0 fully saturated rings. The van der Waals surface area contributed by atoms with E-state index in [0.717, 1.165) is 6.21 Å². The van der Waals surface area contributed by atoms with E-state index in [-0.39, 0.29) is 28.0 Å². The highest BCUT2D eigenvalue weighted by Gasteiger charge is 2.27. The molecule has 3 rings (SSSR count). The molecule has 2 amide bonds. The Morgan fingerprint density at radius 2 is 1.20 bits per heavy atom. The van der Waals surface area contributed by atoms with E-state index in [0.29, 0.717) is 25.7 Å². The first-order valence-corrected chi connectivity index (χ1v) is 12.0. The lowest BCUT2D eigenvalue weighted by Crippen LogP contribution is -2.35. The van der Waals surface area contributed by atoms with Crippen molar-refractivity contribution >= 4 is 99.0 Å². The number of carbonyl (C=O) groups is 2. The predicted molar refractivity (Wildman–Crippen MR) is 143 cm³/mol. The summed E-state index contributed by atoms with van der Waals surface area (Å²) in [4.78, 5) is 31.2. The summed E-state index contributed by atoms with van der Waals surface area (Å²) in [5.41, 5.74) is 1.12. The highest BCUT2D eigenvalue weighted by molar-refractivity contribution is 6.38. The first kappa shape index (κ1) is 27.4. The Kier molecular flexibility index (Phi) is 9.92. The van der Waals surface area contributed by atoms with Crippen molar-refractivity contribution in [1.29, 1.82) is 0 Å². The van der Waals surface area contributed by atoms with Gasteiger partial charge in [0.15, 0.2) is 5.92 Å². The van der Waals surface area contributed by atoms with Gasteiger partial charge in [-0.1, -0.05) is 80.8 Å². The first-order valence-electron chi connectivity index (χ1n) is 9.75. The monoisotopic (exact) mass is 591 g/mol. The van der Waals surface area contributed by atoms with Crippen molar-refractivity contribution in [2.75, 3.05) is 10.6 Å². The molecule has 35 heavy (non-hydrogen) atoms. The van der Waals surface area contributed by atoms with Gasteiger partial charge in [-0.25, -0.2) is 0 Å². The summed E-state index contributed by atoms with van der Waals surface area (Å²) in [6.45, 7) is -0.0194. The van der Waals surface area contributed by atoms with Crippen LogP contribution in [0.2, 0.25) is 30.1 Å². The zero-order valence-corrected chi connectivity index (χ0v) is 22.0. The van der Waals surface area contributed by atoms with Gasteiger partial charge in [0.1, 0.15) is 6.61 Å². The van der Waals surface area contributed by atoms with Crippen LogP contribution in [0.4, 0.5) is 11.4 Å². The molecule has 0 bridgehead atoms. The van der Waals surface area contributed by atoms with Gasteiger partial charge in [-0.2, -0.15) is 0 Å². The Balaban J connectivity index is 1.78. The Bertz CT molecular complexity index is 1220. The van der Waals surface area contributed by atoms with Crippen molar-refractivity contribution < 1.29 is 14.4 Å². The van der Waals surface area contributed by atoms with Gasteiger partial charge in [-0.3, -0.25) is 9.59 Å². The summed E-state index contributed by atoms with van der Waals surface area (Å²) >= 11 is 36.1. The number of oxime groups is 1. The average molecular weight is 594 g/mol. The van der Waals surface area contributed by atoms with Crippen LogP contribution in [0.15, 0.2) is 59.8 Å². The van der Waals surface area contributed by atoms with Gasteiger partial charge in [-0.15, -0.1) is 0 Å². The molecule has 12 heteroatoms. The number of amides is 2. The van der Waals surface area contributed by atoms with Crippen LogP contribution >= 0.6 is 69.6 Å². The number of halogens is 6. The average Bonchev–Trinajstić information content (AvgIpc) is 2.78. The molecule has 0 aromatic heterocycles. The maximum atomic E-state index is 13.0. The molecule has 182 valence electrons. The van der Waals surface area contributed by atoms with E-state index in [1.807, 2.05) is 0 Å². The van der Waals surface area contributed by atoms with Crippen molar-refractivity contribution in [2.24, 2.45) is 11.1 Å². The van der Waals surface area contributed by atoms with Crippen LogP contribution in [0.25, 0.3) is 0 Å². The van der Waals surface area contributed by atoms with Gasteiger partial charge < -0.3 is 15.5 Å². The molecule has 0 radical (unpaired) electrons. The maximum Gasteiger partial charge on any atom is 0.242 e. The smallest absolute Gasteiger partial charge is 0.242 e. The van der Waals surface area contributed by atoms with Gasteiger partial charge in [0, 0.05) is 25.7 Å². The van der Waals surface area contributed by atoms with E-state index in [9.17, 15) is 9.59 Å². The van der Waals surface area contributed by atoms with Crippen molar-refractivity contribution in [2.45, 2.75) is 6.61 Å². The molecule has 3 aromatic carbocycles. The van der Waals surface area contributed by atoms with Crippen molar-refractivity contribution in [3.8, 4) is 0 Å². The third kappa shape index (κ3) is 7.90. The molecule has 6 nitrogen and oxygen atoms in total. The topological polar surface area (TPSA) is 79.8 Å². The van der Waals surface area contributed by atoms with E-state index in [1.165, 1.54) is 24.3 Å². The molecule has 3 aromatic rings. The molecular weight excluding hydrogens is 579 g/mol. The summed E-state index contributed by atoms with van der Waals surface area (Å²) in [7, 11) is 0. The van der Waals surface area contributed by atoms with Crippen LogP contribution in [0, 0.1) is 5.92 Å². The van der Waals surface area contributed by atoms with Gasteiger partial charge in [-0.05, 0) is 48.5 Å². The lowest BCUT2D eigenvalue weighted by Gasteiger charge is -2.15. The normalized spacial score (nSPS) is 11.1. The Morgan fingerprint density at radius 3 is 1.66 bits per heavy atom. The standard InChI is InChI=1S/C23H15Cl6N3O3/c24-13-2-1-12(17(27)7-13)11-35-30-10-16(22(33)31-20-5-3-14(25)8-18(20)28)23(34)32-21-6-4-15(26)9-19(21)29/h1-10,16H,11H2,(H,31,33)(H,32,34)/b30-10+. The summed E-state index contributed by atoms with van der Waals surface area (Å²) in [6, 6.07) is 13.9. The van der Waals surface area contributed by atoms with Gasteiger partial charge in [0.25, 0.3) is 0 Å². The number of rotatable bonds is 8. The summed E-state index contributed by atoms with van der Waals surface area (Å²) in [5.74, 6) is -2.88. The molecule has 0 aliphatic carbocycles. The molecule has 0 saturated carbocycles. The predicted octanol–water partition coefficient (Wildman–Crippen LogP) is 8.00. The lowest BCUT2D eigenvalue weighted by molar-refractivity contribution is -0.126. The van der Waals surface area contributed by atoms with Crippen LogP contribution in [0.1, 0.15) is 5.56 Å². The molecular formula is C23H15Cl6N3O3. The van der Waals surface area contributed by atoms with Gasteiger partial charge in [0.2, 0.25) is 11.8 Å². The zero-order valence-electron chi connectivity index (χ0n) is 17.5. The minimum absolute atomic E-state index is 0.0194. The number of nitrogens with zero attached hydrogens (tertiary/aromatic N) is 1. The van der Waals surface area contributed by atoms with E-state index >= 15 is 0 Å². The first-order chi connectivity index (χ1) is 16.6. The lowest BCUT2D eigenvalue weighted by atomic mass is 10.1. The van der Waals surface area contributed by atoms with Crippen molar-refractivity contribution in [3.63, 3.8) is 0 Å². The fraction of sp³-hybridized carbons (Fsp3) is 0.0870. The molecule has 0 saturated heterocycles. The van der Waals surface area contributed by atoms with Crippen LogP contribution in [0.5, 0.6) is 0 Å². The largest absolute Gasteiger partial charge is 0.391 e. The van der Waals surface area contributed by atoms with E-state index in [2.05, 4.69) is 15.8 Å². The third-order valence-electron chi connectivity index (χ3n) is 4.46. The van der Waals surface area contributed by atoms with Crippen molar-refractivity contribution in [1.82, 2.24) is 0 Å². The fourth-order valence-corrected chi connectivity index (χ4v) is 4.08. The number of nitrogens with one attached hydrogen (secondary N) is 2. The molecule has 0 atom stereocenters. The number of benzene rings is 3. The fourth-order valence-electron chi connectivity index (χ4n) is 2.71. The highest BCUT2D eigenvalue weighted by Crippen LogP contribution is 2.28. The quantitative estimate of drug-likeness (QED) is 0.158. The summed E-state index contributed by atoms with van der Waals surface area (Å²) in [5, 5.41) is 10.9. The Hall–Kier alpha value is -2.19. The van der Waals surface area contributed by atoms with Crippen LogP contribution in [-0.2, 0) is 21.0 Å².